The first kappa shape index (κ1) is 30.9. The van der Waals surface area contributed by atoms with Gasteiger partial charge in [-0.3, -0.25) is 13.9 Å². The van der Waals surface area contributed by atoms with Crippen LogP contribution in [0.1, 0.15) is 32.3 Å². The Labute approximate surface area is 239 Å². The van der Waals surface area contributed by atoms with Gasteiger partial charge in [-0.15, -0.1) is 0 Å². The molecule has 0 heterocycles. The van der Waals surface area contributed by atoms with Crippen molar-refractivity contribution in [2.24, 2.45) is 0 Å². The van der Waals surface area contributed by atoms with Gasteiger partial charge < -0.3 is 15.0 Å². The molecule has 0 saturated heterocycles. The maximum Gasteiger partial charge on any atom is 0.264 e. The number of benzene rings is 3. The lowest BCUT2D eigenvalue weighted by Gasteiger charge is -2.33. The molecule has 3 aromatic carbocycles. The van der Waals surface area contributed by atoms with Crippen molar-refractivity contribution in [3.63, 3.8) is 0 Å². The van der Waals surface area contributed by atoms with E-state index in [1.54, 1.807) is 19.1 Å². The molecule has 0 radical (unpaired) electrons. The summed E-state index contributed by atoms with van der Waals surface area (Å²) >= 11 is 6.19. The predicted octanol–water partition coefficient (Wildman–Crippen LogP) is 5.02. The summed E-state index contributed by atoms with van der Waals surface area (Å²) in [5.41, 5.74) is 0.769. The van der Waals surface area contributed by atoms with Gasteiger partial charge in [-0.2, -0.15) is 0 Å². The fourth-order valence-electron chi connectivity index (χ4n) is 4.11. The molecule has 40 heavy (non-hydrogen) atoms. The molecule has 0 aliphatic heterocycles. The Hall–Kier alpha value is -3.63. The minimum Gasteiger partial charge on any atom is -0.497 e. The number of rotatable bonds is 13. The third-order valence-electron chi connectivity index (χ3n) is 6.22. The lowest BCUT2D eigenvalue weighted by atomic mass is 10.1. The van der Waals surface area contributed by atoms with Crippen LogP contribution in [0.15, 0.2) is 77.7 Å². The molecule has 0 bridgehead atoms. The Balaban J connectivity index is 2.05. The van der Waals surface area contributed by atoms with Gasteiger partial charge in [0.2, 0.25) is 11.8 Å². The standard InChI is InChI=1S/C29H33ClFN3O5S/c1-4-17-32-29(36)27(5-2)33(19-21-9-11-23(31)12-10-21)28(35)20-34(24-8-6-7-22(30)18-24)40(37,38)26-15-13-25(39-3)14-16-26/h6-16,18,27H,4-5,17,19-20H2,1-3H3,(H,32,36)/t27-/m1/s1. The van der Waals surface area contributed by atoms with Crippen molar-refractivity contribution in [2.45, 2.75) is 44.2 Å². The van der Waals surface area contributed by atoms with Crippen molar-refractivity contribution in [3.8, 4) is 5.75 Å². The van der Waals surface area contributed by atoms with Gasteiger partial charge in [0.25, 0.3) is 10.0 Å². The van der Waals surface area contributed by atoms with Gasteiger partial charge in [0, 0.05) is 18.1 Å². The predicted molar refractivity (Wildman–Crippen MR) is 153 cm³/mol. The van der Waals surface area contributed by atoms with Gasteiger partial charge >= 0.3 is 0 Å². The number of carbonyl (C=O) groups is 2. The van der Waals surface area contributed by atoms with Gasteiger partial charge in [0.1, 0.15) is 24.2 Å². The van der Waals surface area contributed by atoms with E-state index >= 15 is 0 Å². The number of methoxy groups -OCH3 is 1. The third-order valence-corrected chi connectivity index (χ3v) is 8.25. The molecule has 0 aromatic heterocycles. The molecule has 0 fully saturated rings. The second-order valence-electron chi connectivity index (χ2n) is 9.03. The Bertz CT molecular complexity index is 1400. The topological polar surface area (TPSA) is 96.0 Å². The average molecular weight is 590 g/mol. The van der Waals surface area contributed by atoms with E-state index in [1.165, 1.54) is 72.7 Å². The third kappa shape index (κ3) is 7.73. The molecule has 0 aliphatic rings. The Morgan fingerprint density at radius 3 is 2.27 bits per heavy atom. The van der Waals surface area contributed by atoms with Gasteiger partial charge in [0.15, 0.2) is 0 Å². The summed E-state index contributed by atoms with van der Waals surface area (Å²) in [6.45, 7) is 3.48. The summed E-state index contributed by atoms with van der Waals surface area (Å²) in [5.74, 6) is -0.933. The highest BCUT2D eigenvalue weighted by Crippen LogP contribution is 2.28. The molecule has 11 heteroatoms. The van der Waals surface area contributed by atoms with Crippen molar-refractivity contribution in [1.82, 2.24) is 10.2 Å². The van der Waals surface area contributed by atoms with E-state index in [1.807, 2.05) is 6.92 Å². The normalized spacial score (nSPS) is 11.9. The van der Waals surface area contributed by atoms with Crippen LogP contribution in [-0.2, 0) is 26.2 Å². The molecule has 3 rings (SSSR count). The number of carbonyl (C=O) groups excluding carboxylic acids is 2. The van der Waals surface area contributed by atoms with Crippen molar-refractivity contribution >= 4 is 39.1 Å². The molecule has 0 unspecified atom stereocenters. The number of ether oxygens (including phenoxy) is 1. The molecule has 3 aromatic rings. The molecule has 0 spiro atoms. The first-order chi connectivity index (χ1) is 19.1. The zero-order valence-corrected chi connectivity index (χ0v) is 24.2. The highest BCUT2D eigenvalue weighted by molar-refractivity contribution is 7.92. The number of amides is 2. The van der Waals surface area contributed by atoms with Crippen LogP contribution in [0.4, 0.5) is 10.1 Å². The van der Waals surface area contributed by atoms with Crippen molar-refractivity contribution < 1.29 is 27.1 Å². The van der Waals surface area contributed by atoms with Crippen LogP contribution in [0, 0.1) is 5.82 Å². The average Bonchev–Trinajstić information content (AvgIpc) is 2.95. The van der Waals surface area contributed by atoms with E-state index in [-0.39, 0.29) is 34.5 Å². The van der Waals surface area contributed by atoms with Crippen LogP contribution in [0.5, 0.6) is 5.75 Å². The second kappa shape index (κ2) is 14.1. The number of hydrogen-bond donors (Lipinski definition) is 1. The van der Waals surface area contributed by atoms with E-state index in [2.05, 4.69) is 5.32 Å². The molecular weight excluding hydrogens is 557 g/mol. The zero-order chi connectivity index (χ0) is 29.3. The first-order valence-corrected chi connectivity index (χ1v) is 14.7. The quantitative estimate of drug-likeness (QED) is 0.302. The molecule has 214 valence electrons. The van der Waals surface area contributed by atoms with Crippen LogP contribution in [0.3, 0.4) is 0 Å². The van der Waals surface area contributed by atoms with E-state index in [4.69, 9.17) is 16.3 Å². The van der Waals surface area contributed by atoms with Crippen molar-refractivity contribution in [1.29, 1.82) is 0 Å². The van der Waals surface area contributed by atoms with Crippen LogP contribution in [0.2, 0.25) is 5.02 Å². The molecule has 2 amide bonds. The summed E-state index contributed by atoms with van der Waals surface area (Å²) in [6.07, 6.45) is 0.988. The summed E-state index contributed by atoms with van der Waals surface area (Å²) in [5, 5.41) is 3.10. The van der Waals surface area contributed by atoms with Gasteiger partial charge in [-0.05, 0) is 73.0 Å². The zero-order valence-electron chi connectivity index (χ0n) is 22.6. The molecule has 1 N–H and O–H groups in total. The smallest absolute Gasteiger partial charge is 0.264 e. The lowest BCUT2D eigenvalue weighted by molar-refractivity contribution is -0.140. The Morgan fingerprint density at radius 2 is 1.70 bits per heavy atom. The molecule has 0 saturated carbocycles. The monoisotopic (exact) mass is 589 g/mol. The van der Waals surface area contributed by atoms with Crippen LogP contribution >= 0.6 is 11.6 Å². The largest absolute Gasteiger partial charge is 0.497 e. The second-order valence-corrected chi connectivity index (χ2v) is 11.3. The van der Waals surface area contributed by atoms with Gasteiger partial charge in [-0.1, -0.05) is 43.6 Å². The van der Waals surface area contributed by atoms with Gasteiger partial charge in [-0.25, -0.2) is 12.8 Å². The molecule has 1 atom stereocenters. The van der Waals surface area contributed by atoms with E-state index in [0.29, 0.717) is 24.3 Å². The van der Waals surface area contributed by atoms with E-state index < -0.39 is 34.3 Å². The summed E-state index contributed by atoms with van der Waals surface area (Å²) in [6, 6.07) is 16.7. The van der Waals surface area contributed by atoms with Gasteiger partial charge in [0.05, 0.1) is 17.7 Å². The summed E-state index contributed by atoms with van der Waals surface area (Å²) in [4.78, 5) is 28.3. The number of halogens is 2. The fourth-order valence-corrected chi connectivity index (χ4v) is 5.70. The van der Waals surface area contributed by atoms with Crippen LogP contribution in [0.25, 0.3) is 0 Å². The number of hydrogen-bond acceptors (Lipinski definition) is 5. The molecular formula is C29H33ClFN3O5S. The van der Waals surface area contributed by atoms with Crippen molar-refractivity contribution in [2.75, 3.05) is 24.5 Å². The van der Waals surface area contributed by atoms with Crippen LogP contribution in [-0.4, -0.2) is 51.4 Å². The van der Waals surface area contributed by atoms with Crippen molar-refractivity contribution in [3.05, 3.63) is 89.2 Å². The van der Waals surface area contributed by atoms with E-state index in [0.717, 1.165) is 4.31 Å². The lowest BCUT2D eigenvalue weighted by Crippen LogP contribution is -2.52. The first-order valence-electron chi connectivity index (χ1n) is 12.8. The van der Waals surface area contributed by atoms with E-state index in [9.17, 15) is 22.4 Å². The summed E-state index contributed by atoms with van der Waals surface area (Å²) in [7, 11) is -2.78. The van der Waals surface area contributed by atoms with Crippen LogP contribution < -0.4 is 14.4 Å². The maximum absolute atomic E-state index is 14.0. The number of anilines is 1. The Morgan fingerprint density at radius 1 is 1.02 bits per heavy atom. The number of sulfonamides is 1. The highest BCUT2D eigenvalue weighted by atomic mass is 35.5. The number of nitrogens with zero attached hydrogens (tertiary/aromatic N) is 2. The fraction of sp³-hybridized carbons (Fsp3) is 0.310. The minimum atomic E-state index is -4.25. The molecule has 0 aliphatic carbocycles. The highest BCUT2D eigenvalue weighted by Gasteiger charge is 2.33. The molecule has 8 nitrogen and oxygen atoms in total. The minimum absolute atomic E-state index is 0.0247. The Kier molecular flexibility index (Phi) is 10.9. The maximum atomic E-state index is 14.0. The number of nitrogens with one attached hydrogen (secondary N) is 1. The summed E-state index contributed by atoms with van der Waals surface area (Å²) < 4.78 is 47.4. The SMILES string of the molecule is CCCNC(=O)[C@@H](CC)N(Cc1ccc(F)cc1)C(=O)CN(c1cccc(Cl)c1)S(=O)(=O)c1ccc(OC)cc1.